The first kappa shape index (κ1) is 20.4. The summed E-state index contributed by atoms with van der Waals surface area (Å²) in [5, 5.41) is 13.5. The van der Waals surface area contributed by atoms with Gasteiger partial charge in [-0.1, -0.05) is 18.2 Å². The molecule has 3 aliphatic heterocycles. The minimum Gasteiger partial charge on any atom is -0.394 e. The van der Waals surface area contributed by atoms with E-state index in [1.807, 2.05) is 17.0 Å². The van der Waals surface area contributed by atoms with Crippen LogP contribution in [0.1, 0.15) is 18.0 Å². The molecule has 2 aromatic carbocycles. The van der Waals surface area contributed by atoms with E-state index in [9.17, 15) is 14.3 Å². The Bertz CT molecular complexity index is 946. The van der Waals surface area contributed by atoms with E-state index < -0.39 is 0 Å². The Morgan fingerprint density at radius 3 is 2.58 bits per heavy atom. The lowest BCUT2D eigenvalue weighted by atomic mass is 9.82. The van der Waals surface area contributed by atoms with Crippen LogP contribution in [0.15, 0.2) is 42.5 Å². The molecule has 164 valence electrons. The lowest BCUT2D eigenvalue weighted by Crippen LogP contribution is -2.47. The number of anilines is 1. The van der Waals surface area contributed by atoms with Crippen LogP contribution in [0.2, 0.25) is 0 Å². The van der Waals surface area contributed by atoms with Crippen molar-refractivity contribution >= 4 is 11.6 Å². The molecule has 3 atom stereocenters. The van der Waals surface area contributed by atoms with Crippen LogP contribution in [0.3, 0.4) is 0 Å². The van der Waals surface area contributed by atoms with Gasteiger partial charge < -0.3 is 20.1 Å². The highest BCUT2D eigenvalue weighted by atomic mass is 19.1. The highest BCUT2D eigenvalue weighted by Crippen LogP contribution is 2.47. The first-order chi connectivity index (χ1) is 15.1. The number of hydrogen-bond acceptors (Lipinski definition) is 5. The fraction of sp³-hybridized carbons (Fsp3) is 0.458. The molecule has 0 unspecified atom stereocenters. The molecular weight excluding hydrogens is 397 g/mol. The van der Waals surface area contributed by atoms with Crippen molar-refractivity contribution in [3.8, 4) is 11.1 Å². The molecule has 0 aliphatic carbocycles. The molecular formula is C24H28FN3O3. The zero-order valence-corrected chi connectivity index (χ0v) is 17.5. The molecule has 0 radical (unpaired) electrons. The summed E-state index contributed by atoms with van der Waals surface area (Å²) in [5.74, 6) is 0.0330. The van der Waals surface area contributed by atoms with Gasteiger partial charge in [-0.2, -0.15) is 0 Å². The largest absolute Gasteiger partial charge is 0.394 e. The van der Waals surface area contributed by atoms with E-state index in [0.717, 1.165) is 41.9 Å². The van der Waals surface area contributed by atoms with Gasteiger partial charge in [-0.25, -0.2) is 4.39 Å². The number of aliphatic hydroxyl groups excluding tert-OH is 1. The van der Waals surface area contributed by atoms with Gasteiger partial charge in [-0.05, 0) is 47.4 Å². The molecule has 6 nitrogen and oxygen atoms in total. The predicted octanol–water partition coefficient (Wildman–Crippen LogP) is 2.50. The molecule has 7 heteroatoms. The molecule has 2 N–H and O–H groups in total. The second-order valence-electron chi connectivity index (χ2n) is 8.62. The number of fused-ring (bicyclic) bond motifs is 3. The van der Waals surface area contributed by atoms with Gasteiger partial charge >= 0.3 is 0 Å². The number of hydrogen-bond donors (Lipinski definition) is 2. The normalized spacial score (nSPS) is 25.6. The number of carbonyl (C=O) groups excluding carboxylic acids is 1. The number of morpholine rings is 1. The smallest absolute Gasteiger partial charge is 0.237 e. The summed E-state index contributed by atoms with van der Waals surface area (Å²) in [7, 11) is 0. The van der Waals surface area contributed by atoms with E-state index in [1.54, 1.807) is 12.1 Å². The second-order valence-corrected chi connectivity index (χ2v) is 8.62. The van der Waals surface area contributed by atoms with Crippen molar-refractivity contribution < 1.29 is 19.0 Å². The van der Waals surface area contributed by atoms with Crippen LogP contribution >= 0.6 is 0 Å². The van der Waals surface area contributed by atoms with Crippen molar-refractivity contribution in [2.45, 2.75) is 18.5 Å². The van der Waals surface area contributed by atoms with Gasteiger partial charge in [-0.15, -0.1) is 0 Å². The predicted molar refractivity (Wildman–Crippen MR) is 116 cm³/mol. The fourth-order valence-electron chi connectivity index (χ4n) is 5.21. The van der Waals surface area contributed by atoms with Crippen molar-refractivity contribution in [2.24, 2.45) is 5.92 Å². The Balaban J connectivity index is 1.46. The molecule has 5 rings (SSSR count). The van der Waals surface area contributed by atoms with E-state index >= 15 is 0 Å². The Kier molecular flexibility index (Phi) is 5.65. The van der Waals surface area contributed by atoms with Crippen LogP contribution in [0.4, 0.5) is 10.1 Å². The lowest BCUT2D eigenvalue weighted by Gasteiger charge is -2.40. The van der Waals surface area contributed by atoms with E-state index in [-0.39, 0.29) is 36.3 Å². The number of ether oxygens (including phenoxy) is 1. The Labute approximate surface area is 181 Å². The number of halogens is 1. The third-order valence-corrected chi connectivity index (χ3v) is 6.83. The number of nitrogens with one attached hydrogen (secondary N) is 1. The minimum absolute atomic E-state index is 0.0335. The molecule has 2 saturated heterocycles. The van der Waals surface area contributed by atoms with Gasteiger partial charge in [-0.3, -0.25) is 9.69 Å². The van der Waals surface area contributed by atoms with Crippen LogP contribution < -0.4 is 5.32 Å². The Morgan fingerprint density at radius 2 is 1.84 bits per heavy atom. The van der Waals surface area contributed by atoms with Crippen molar-refractivity contribution in [2.75, 3.05) is 51.3 Å². The molecule has 0 saturated carbocycles. The molecule has 0 bridgehead atoms. The Hall–Kier alpha value is -2.48. The molecule has 3 heterocycles. The number of amides is 1. The molecule has 31 heavy (non-hydrogen) atoms. The van der Waals surface area contributed by atoms with Gasteiger partial charge in [0, 0.05) is 31.2 Å². The molecule has 0 spiro atoms. The topological polar surface area (TPSA) is 65.0 Å². The summed E-state index contributed by atoms with van der Waals surface area (Å²) in [5.41, 5.74) is 3.96. The third kappa shape index (κ3) is 3.93. The van der Waals surface area contributed by atoms with Gasteiger partial charge in [0.1, 0.15) is 5.82 Å². The first-order valence-corrected chi connectivity index (χ1v) is 11.0. The molecule has 1 amide bonds. The lowest BCUT2D eigenvalue weighted by molar-refractivity contribution is -0.134. The van der Waals surface area contributed by atoms with Crippen LogP contribution in [-0.4, -0.2) is 72.9 Å². The molecule has 2 aromatic rings. The van der Waals surface area contributed by atoms with Gasteiger partial charge in [0.05, 0.1) is 38.4 Å². The molecule has 2 fully saturated rings. The quantitative estimate of drug-likeness (QED) is 0.788. The number of benzene rings is 2. The second kappa shape index (κ2) is 8.57. The highest BCUT2D eigenvalue weighted by Gasteiger charge is 2.45. The highest BCUT2D eigenvalue weighted by molar-refractivity contribution is 5.80. The average molecular weight is 426 g/mol. The summed E-state index contributed by atoms with van der Waals surface area (Å²) in [4.78, 5) is 17.4. The standard InChI is InChI=1S/C24H28FN3O3/c25-18-4-1-16(2-5-18)17-3-6-21-20(13-17)24-19(22(15-29)26-21)7-8-28(24)23(30)14-27-9-11-31-12-10-27/h1-6,13,19,22,24,26,29H,7-12,14-15H2/t19-,22+,24-/m0/s1. The fourth-order valence-corrected chi connectivity index (χ4v) is 5.21. The summed E-state index contributed by atoms with van der Waals surface area (Å²) in [6.45, 7) is 4.01. The zero-order valence-electron chi connectivity index (χ0n) is 17.5. The maximum absolute atomic E-state index is 13.4. The maximum atomic E-state index is 13.4. The molecule has 0 aromatic heterocycles. The minimum atomic E-state index is -0.259. The average Bonchev–Trinajstić information content (AvgIpc) is 3.25. The summed E-state index contributed by atoms with van der Waals surface area (Å²) >= 11 is 0. The summed E-state index contributed by atoms with van der Waals surface area (Å²) in [6, 6.07) is 12.5. The maximum Gasteiger partial charge on any atom is 0.237 e. The summed E-state index contributed by atoms with van der Waals surface area (Å²) in [6.07, 6.45) is 0.859. The Morgan fingerprint density at radius 1 is 1.10 bits per heavy atom. The number of aliphatic hydroxyl groups is 1. The van der Waals surface area contributed by atoms with E-state index in [0.29, 0.717) is 26.3 Å². The van der Waals surface area contributed by atoms with E-state index in [1.165, 1.54) is 12.1 Å². The number of carbonyl (C=O) groups is 1. The van der Waals surface area contributed by atoms with Crippen molar-refractivity contribution in [3.63, 3.8) is 0 Å². The number of nitrogens with zero attached hydrogens (tertiary/aromatic N) is 2. The van der Waals surface area contributed by atoms with Crippen LogP contribution in [0.5, 0.6) is 0 Å². The van der Waals surface area contributed by atoms with Gasteiger partial charge in [0.15, 0.2) is 0 Å². The van der Waals surface area contributed by atoms with Crippen LogP contribution in [0.25, 0.3) is 11.1 Å². The van der Waals surface area contributed by atoms with E-state index in [2.05, 4.69) is 16.3 Å². The zero-order chi connectivity index (χ0) is 21.4. The number of likely N-dealkylation sites (tertiary alicyclic amines) is 1. The van der Waals surface area contributed by atoms with Crippen LogP contribution in [0, 0.1) is 11.7 Å². The monoisotopic (exact) mass is 425 g/mol. The van der Waals surface area contributed by atoms with Crippen LogP contribution in [-0.2, 0) is 9.53 Å². The number of rotatable bonds is 4. The van der Waals surface area contributed by atoms with E-state index in [4.69, 9.17) is 4.74 Å². The first-order valence-electron chi connectivity index (χ1n) is 11.0. The van der Waals surface area contributed by atoms with Crippen molar-refractivity contribution in [3.05, 3.63) is 53.8 Å². The summed E-state index contributed by atoms with van der Waals surface area (Å²) < 4.78 is 18.8. The van der Waals surface area contributed by atoms with Gasteiger partial charge in [0.2, 0.25) is 5.91 Å². The SMILES string of the molecule is O=C(CN1CCOCC1)N1CC[C@@H]2[C@H]1c1cc(-c3ccc(F)cc3)ccc1N[C@@H]2CO. The van der Waals surface area contributed by atoms with Crippen molar-refractivity contribution in [1.29, 1.82) is 0 Å². The third-order valence-electron chi connectivity index (χ3n) is 6.83. The van der Waals surface area contributed by atoms with Crippen molar-refractivity contribution in [1.82, 2.24) is 9.80 Å². The van der Waals surface area contributed by atoms with Gasteiger partial charge in [0.25, 0.3) is 0 Å². The molecule has 3 aliphatic rings.